The van der Waals surface area contributed by atoms with E-state index in [1.165, 1.54) is 0 Å². The Balaban J connectivity index is 0.00000128. The fourth-order valence-corrected chi connectivity index (χ4v) is 1.38. The molecular weight excluding hydrogens is 268 g/mol. The number of rotatable bonds is 3. The third-order valence-electron chi connectivity index (χ3n) is 2.26. The van der Waals surface area contributed by atoms with Crippen LogP contribution in [0.5, 0.6) is 0 Å². The summed E-state index contributed by atoms with van der Waals surface area (Å²) < 4.78 is 1.77. The lowest BCUT2D eigenvalue weighted by Gasteiger charge is -2.02. The van der Waals surface area contributed by atoms with Gasteiger partial charge in [-0.3, -0.25) is 4.79 Å². The molecule has 0 saturated heterocycles. The summed E-state index contributed by atoms with van der Waals surface area (Å²) in [6, 6.07) is 7.60. The van der Waals surface area contributed by atoms with E-state index in [9.17, 15) is 4.79 Å². The normalized spacial score (nSPS) is 9.56. The minimum absolute atomic E-state index is 0. The number of hydrogen-bond donors (Lipinski definition) is 0. The van der Waals surface area contributed by atoms with Crippen LogP contribution in [0.25, 0.3) is 0 Å². The van der Waals surface area contributed by atoms with Gasteiger partial charge in [0.2, 0.25) is 0 Å². The van der Waals surface area contributed by atoms with Crippen molar-refractivity contribution in [3.63, 3.8) is 0 Å². The van der Waals surface area contributed by atoms with E-state index in [4.69, 9.17) is 0 Å². The largest absolute Gasteiger partial charge is 0.330 e. The molecule has 1 aromatic carbocycles. The minimum Gasteiger partial charge on any atom is -0.330 e. The van der Waals surface area contributed by atoms with E-state index in [0.29, 0.717) is 6.54 Å². The molecule has 0 amide bonds. The molecule has 3 nitrogen and oxygen atoms in total. The van der Waals surface area contributed by atoms with Gasteiger partial charge in [-0.2, -0.15) is 0 Å². The van der Waals surface area contributed by atoms with Crippen LogP contribution in [0.4, 0.5) is 0 Å². The Kier molecular flexibility index (Phi) is 4.43. The fraction of sp³-hybridized carbons (Fsp3) is 0.167. The molecule has 0 aliphatic heterocycles. The molecule has 0 spiro atoms. The Labute approximate surface area is 105 Å². The van der Waals surface area contributed by atoms with Crippen molar-refractivity contribution in [2.75, 3.05) is 0 Å². The second-order valence-corrected chi connectivity index (χ2v) is 3.52. The van der Waals surface area contributed by atoms with E-state index in [-0.39, 0.29) is 22.8 Å². The highest BCUT2D eigenvalue weighted by atomic mass is 79.9. The summed E-state index contributed by atoms with van der Waals surface area (Å²) in [7, 11) is 0. The summed E-state index contributed by atoms with van der Waals surface area (Å²) in [6.07, 6.45) is 5.10. The van der Waals surface area contributed by atoms with Crippen LogP contribution in [0.1, 0.15) is 15.9 Å². The smallest absolute Gasteiger partial charge is 0.182 e. The van der Waals surface area contributed by atoms with Gasteiger partial charge in [0.25, 0.3) is 0 Å². The van der Waals surface area contributed by atoms with E-state index in [2.05, 4.69) is 4.98 Å². The van der Waals surface area contributed by atoms with Gasteiger partial charge < -0.3 is 4.57 Å². The van der Waals surface area contributed by atoms with Gasteiger partial charge in [0.05, 0.1) is 12.9 Å². The zero-order valence-electron chi connectivity index (χ0n) is 8.96. The zero-order valence-corrected chi connectivity index (χ0v) is 10.7. The lowest BCUT2D eigenvalue weighted by Crippen LogP contribution is -2.08. The van der Waals surface area contributed by atoms with Crippen LogP contribution in [-0.2, 0) is 6.54 Å². The first-order valence-electron chi connectivity index (χ1n) is 4.81. The van der Waals surface area contributed by atoms with Crippen molar-refractivity contribution in [3.05, 3.63) is 54.1 Å². The van der Waals surface area contributed by atoms with Crippen molar-refractivity contribution in [1.29, 1.82) is 0 Å². The van der Waals surface area contributed by atoms with Gasteiger partial charge in [-0.25, -0.2) is 4.98 Å². The maximum Gasteiger partial charge on any atom is 0.182 e. The predicted molar refractivity (Wildman–Crippen MR) is 68.1 cm³/mol. The number of hydrogen-bond acceptors (Lipinski definition) is 2. The SMILES string of the molecule is Br.Cc1ccc(C(=O)Cn2ccnc2)cc1. The number of Topliss-reactive ketones (excluding diaryl/α,β-unsaturated/α-hetero) is 1. The predicted octanol–water partition coefficient (Wildman–Crippen LogP) is 2.65. The highest BCUT2D eigenvalue weighted by Crippen LogP contribution is 2.05. The van der Waals surface area contributed by atoms with Crippen LogP contribution in [0.15, 0.2) is 43.0 Å². The molecule has 0 bridgehead atoms. The van der Waals surface area contributed by atoms with Gasteiger partial charge in [0, 0.05) is 18.0 Å². The van der Waals surface area contributed by atoms with Crippen LogP contribution in [0, 0.1) is 6.92 Å². The van der Waals surface area contributed by atoms with Gasteiger partial charge in [0.15, 0.2) is 5.78 Å². The second kappa shape index (κ2) is 5.61. The Bertz CT molecular complexity index is 448. The van der Waals surface area contributed by atoms with E-state index >= 15 is 0 Å². The van der Waals surface area contributed by atoms with E-state index in [1.54, 1.807) is 23.3 Å². The molecule has 0 radical (unpaired) electrons. The number of imidazole rings is 1. The van der Waals surface area contributed by atoms with E-state index < -0.39 is 0 Å². The molecule has 16 heavy (non-hydrogen) atoms. The summed E-state index contributed by atoms with van der Waals surface area (Å²) in [4.78, 5) is 15.7. The monoisotopic (exact) mass is 280 g/mol. The molecule has 0 aliphatic rings. The summed E-state index contributed by atoms with van der Waals surface area (Å²) in [5.41, 5.74) is 1.91. The molecule has 1 heterocycles. The van der Waals surface area contributed by atoms with Gasteiger partial charge in [-0.05, 0) is 6.92 Å². The molecule has 0 atom stereocenters. The number of aryl methyl sites for hydroxylation is 1. The Morgan fingerprint density at radius 2 is 2.00 bits per heavy atom. The summed E-state index contributed by atoms with van der Waals surface area (Å²) in [6.45, 7) is 2.35. The third-order valence-corrected chi connectivity index (χ3v) is 2.26. The number of carbonyl (C=O) groups is 1. The van der Waals surface area contributed by atoms with Gasteiger partial charge >= 0.3 is 0 Å². The van der Waals surface area contributed by atoms with Crippen molar-refractivity contribution >= 4 is 22.8 Å². The average molecular weight is 281 g/mol. The molecule has 0 saturated carbocycles. The average Bonchev–Trinajstić information content (AvgIpc) is 2.71. The first-order valence-corrected chi connectivity index (χ1v) is 4.81. The molecule has 0 N–H and O–H groups in total. The standard InChI is InChI=1S/C12H12N2O.BrH/c1-10-2-4-11(5-3-10)12(15)8-14-7-6-13-9-14;/h2-7,9H,8H2,1H3;1H. The van der Waals surface area contributed by atoms with Crippen molar-refractivity contribution in [2.24, 2.45) is 0 Å². The van der Waals surface area contributed by atoms with Crippen LogP contribution in [-0.4, -0.2) is 15.3 Å². The lowest BCUT2D eigenvalue weighted by atomic mass is 10.1. The Morgan fingerprint density at radius 1 is 1.31 bits per heavy atom. The number of aromatic nitrogens is 2. The van der Waals surface area contributed by atoms with E-state index in [0.717, 1.165) is 11.1 Å². The molecule has 84 valence electrons. The number of benzene rings is 1. The maximum absolute atomic E-state index is 11.8. The molecule has 0 fully saturated rings. The molecule has 4 heteroatoms. The second-order valence-electron chi connectivity index (χ2n) is 3.52. The van der Waals surface area contributed by atoms with Crippen LogP contribution in [0.2, 0.25) is 0 Å². The zero-order chi connectivity index (χ0) is 10.7. The molecule has 1 aromatic heterocycles. The van der Waals surface area contributed by atoms with Crippen molar-refractivity contribution in [1.82, 2.24) is 9.55 Å². The Morgan fingerprint density at radius 3 is 2.56 bits per heavy atom. The van der Waals surface area contributed by atoms with Crippen molar-refractivity contribution < 1.29 is 4.79 Å². The van der Waals surface area contributed by atoms with Crippen molar-refractivity contribution in [2.45, 2.75) is 13.5 Å². The Hall–Kier alpha value is -1.42. The number of ketones is 1. The van der Waals surface area contributed by atoms with Gasteiger partial charge in [-0.1, -0.05) is 29.8 Å². The summed E-state index contributed by atoms with van der Waals surface area (Å²) in [5, 5.41) is 0. The molecule has 0 aliphatic carbocycles. The van der Waals surface area contributed by atoms with Crippen LogP contribution in [0.3, 0.4) is 0 Å². The van der Waals surface area contributed by atoms with Crippen molar-refractivity contribution in [3.8, 4) is 0 Å². The number of carbonyl (C=O) groups excluding carboxylic acids is 1. The summed E-state index contributed by atoms with van der Waals surface area (Å²) in [5.74, 6) is 0.105. The quantitative estimate of drug-likeness (QED) is 0.811. The van der Waals surface area contributed by atoms with Gasteiger partial charge in [-0.15, -0.1) is 17.0 Å². The first-order chi connectivity index (χ1) is 7.25. The van der Waals surface area contributed by atoms with Crippen LogP contribution < -0.4 is 0 Å². The maximum atomic E-state index is 11.8. The topological polar surface area (TPSA) is 34.9 Å². The van der Waals surface area contributed by atoms with E-state index in [1.807, 2.05) is 31.2 Å². The fourth-order valence-electron chi connectivity index (χ4n) is 1.38. The first kappa shape index (κ1) is 12.6. The minimum atomic E-state index is 0. The molecule has 2 aromatic rings. The summed E-state index contributed by atoms with van der Waals surface area (Å²) >= 11 is 0. The van der Waals surface area contributed by atoms with Crippen LogP contribution >= 0.6 is 17.0 Å². The van der Waals surface area contributed by atoms with Gasteiger partial charge in [0.1, 0.15) is 0 Å². The lowest BCUT2D eigenvalue weighted by molar-refractivity contribution is 0.0972. The molecule has 2 rings (SSSR count). The molecule has 0 unspecified atom stereocenters. The number of nitrogens with zero attached hydrogens (tertiary/aromatic N) is 2. The molecular formula is C12H13BrN2O. The highest BCUT2D eigenvalue weighted by Gasteiger charge is 2.05. The third kappa shape index (κ3) is 3.03. The number of halogens is 1. The highest BCUT2D eigenvalue weighted by molar-refractivity contribution is 8.93.